The number of likely N-dealkylation sites (tertiary alicyclic amines) is 1. The van der Waals surface area contributed by atoms with Crippen LogP contribution in [0, 0.1) is 0 Å². The third-order valence-electron chi connectivity index (χ3n) is 3.91. The number of amides is 1. The summed E-state index contributed by atoms with van der Waals surface area (Å²) >= 11 is 0. The maximum absolute atomic E-state index is 11.7. The fraction of sp³-hybridized carbons (Fsp3) is 0.786. The van der Waals surface area contributed by atoms with Crippen molar-refractivity contribution in [2.75, 3.05) is 40.3 Å². The van der Waals surface area contributed by atoms with Crippen LogP contribution in [-0.2, 0) is 11.3 Å². The summed E-state index contributed by atoms with van der Waals surface area (Å²) in [4.78, 5) is 15.6. The van der Waals surface area contributed by atoms with Gasteiger partial charge >= 0.3 is 0 Å². The summed E-state index contributed by atoms with van der Waals surface area (Å²) in [7, 11) is 3.62. The first-order valence-electron chi connectivity index (χ1n) is 7.65. The fourth-order valence-corrected chi connectivity index (χ4v) is 2.53. The first-order chi connectivity index (χ1) is 10.1. The molecule has 7 heteroatoms. The van der Waals surface area contributed by atoms with Gasteiger partial charge in [0.2, 0.25) is 5.91 Å². The average molecular weight is 294 g/mol. The number of aryl methyl sites for hydroxylation is 1. The van der Waals surface area contributed by atoms with Gasteiger partial charge in [-0.15, -0.1) is 5.10 Å². The molecule has 0 aliphatic carbocycles. The molecule has 7 nitrogen and oxygen atoms in total. The highest BCUT2D eigenvalue weighted by molar-refractivity contribution is 5.77. The van der Waals surface area contributed by atoms with E-state index >= 15 is 0 Å². The Morgan fingerprint density at radius 2 is 2.14 bits per heavy atom. The smallest absolute Gasteiger partial charge is 0.236 e. The van der Waals surface area contributed by atoms with Gasteiger partial charge in [-0.2, -0.15) is 0 Å². The van der Waals surface area contributed by atoms with Crippen LogP contribution < -0.4 is 5.32 Å². The molecule has 0 unspecified atom stereocenters. The largest absolute Gasteiger partial charge is 0.348 e. The van der Waals surface area contributed by atoms with Crippen LogP contribution in [0.2, 0.25) is 0 Å². The molecule has 2 heterocycles. The van der Waals surface area contributed by atoms with Crippen molar-refractivity contribution in [2.24, 2.45) is 0 Å². The standard InChI is InChI=1S/C14H26N6O/c1-18(2)14(21)12-19-9-4-13(5-10-19)15-6-3-8-20-11-7-16-17-20/h7,11,13,15H,3-6,8-10,12H2,1-2H3. The van der Waals surface area contributed by atoms with Gasteiger partial charge in [0.1, 0.15) is 0 Å². The number of hydrogen-bond donors (Lipinski definition) is 1. The van der Waals surface area contributed by atoms with Crippen LogP contribution in [0.25, 0.3) is 0 Å². The minimum Gasteiger partial charge on any atom is -0.348 e. The fourth-order valence-electron chi connectivity index (χ4n) is 2.53. The van der Waals surface area contributed by atoms with Crippen LogP contribution in [0.15, 0.2) is 12.4 Å². The molecular weight excluding hydrogens is 268 g/mol. The Balaban J connectivity index is 1.55. The number of piperidine rings is 1. The summed E-state index contributed by atoms with van der Waals surface area (Å²) in [5.74, 6) is 0.189. The van der Waals surface area contributed by atoms with Gasteiger partial charge in [0.25, 0.3) is 0 Å². The molecule has 1 aromatic rings. The summed E-state index contributed by atoms with van der Waals surface area (Å²) < 4.78 is 1.86. The van der Waals surface area contributed by atoms with Gasteiger partial charge in [0.05, 0.1) is 12.7 Å². The molecule has 1 aliphatic heterocycles. The molecule has 118 valence electrons. The third-order valence-corrected chi connectivity index (χ3v) is 3.91. The van der Waals surface area contributed by atoms with Crippen LogP contribution in [0.4, 0.5) is 0 Å². The molecule has 1 N–H and O–H groups in total. The quantitative estimate of drug-likeness (QED) is 0.706. The normalized spacial score (nSPS) is 17.0. The number of likely N-dealkylation sites (N-methyl/N-ethyl adjacent to an activating group) is 1. The molecule has 0 aromatic carbocycles. The van der Waals surface area contributed by atoms with E-state index in [-0.39, 0.29) is 5.91 Å². The monoisotopic (exact) mass is 294 g/mol. The number of nitrogens with one attached hydrogen (secondary N) is 1. The van der Waals surface area contributed by atoms with E-state index in [9.17, 15) is 4.79 Å². The van der Waals surface area contributed by atoms with Crippen LogP contribution in [0.5, 0.6) is 0 Å². The summed E-state index contributed by atoms with van der Waals surface area (Å²) in [5.41, 5.74) is 0. The number of rotatable bonds is 7. The molecule has 1 fully saturated rings. The van der Waals surface area contributed by atoms with E-state index in [1.807, 2.05) is 25.0 Å². The highest BCUT2D eigenvalue weighted by Gasteiger charge is 2.20. The number of carbonyl (C=O) groups is 1. The predicted octanol–water partition coefficient (Wildman–Crippen LogP) is -0.190. The van der Waals surface area contributed by atoms with Gasteiger partial charge in [-0.3, -0.25) is 14.4 Å². The van der Waals surface area contributed by atoms with Gasteiger partial charge in [0, 0.05) is 46.0 Å². The maximum atomic E-state index is 11.7. The highest BCUT2D eigenvalue weighted by atomic mass is 16.2. The minimum atomic E-state index is 0.189. The third kappa shape index (κ3) is 5.43. The summed E-state index contributed by atoms with van der Waals surface area (Å²) in [6.45, 7) is 4.46. The van der Waals surface area contributed by atoms with Crippen LogP contribution in [-0.4, -0.2) is 77.0 Å². The Bertz CT molecular complexity index is 411. The van der Waals surface area contributed by atoms with Gasteiger partial charge in [-0.05, 0) is 25.8 Å². The molecule has 0 atom stereocenters. The molecule has 1 aliphatic rings. The zero-order valence-electron chi connectivity index (χ0n) is 13.0. The van der Waals surface area contributed by atoms with Crippen LogP contribution in [0.1, 0.15) is 19.3 Å². The molecule has 0 bridgehead atoms. The topological polar surface area (TPSA) is 66.3 Å². The Hall–Kier alpha value is -1.47. The van der Waals surface area contributed by atoms with Crippen LogP contribution in [0.3, 0.4) is 0 Å². The Labute approximate surface area is 126 Å². The number of aromatic nitrogens is 3. The van der Waals surface area contributed by atoms with E-state index in [1.165, 1.54) is 0 Å². The first kappa shape index (κ1) is 15.9. The molecule has 0 spiro atoms. The van der Waals surface area contributed by atoms with E-state index in [1.54, 1.807) is 11.1 Å². The minimum absolute atomic E-state index is 0.189. The van der Waals surface area contributed by atoms with E-state index in [0.717, 1.165) is 45.4 Å². The highest BCUT2D eigenvalue weighted by Crippen LogP contribution is 2.10. The molecule has 2 rings (SSSR count). The average Bonchev–Trinajstić information content (AvgIpc) is 2.98. The molecule has 21 heavy (non-hydrogen) atoms. The second-order valence-corrected chi connectivity index (χ2v) is 5.81. The second-order valence-electron chi connectivity index (χ2n) is 5.81. The van der Waals surface area contributed by atoms with E-state index in [4.69, 9.17) is 0 Å². The molecule has 0 radical (unpaired) electrons. The summed E-state index contributed by atoms with van der Waals surface area (Å²) in [6.07, 6.45) is 6.88. The van der Waals surface area contributed by atoms with Crippen molar-refractivity contribution >= 4 is 5.91 Å². The van der Waals surface area contributed by atoms with Crippen LogP contribution >= 0.6 is 0 Å². The van der Waals surface area contributed by atoms with E-state index in [0.29, 0.717) is 12.6 Å². The van der Waals surface area contributed by atoms with Gasteiger partial charge < -0.3 is 10.2 Å². The zero-order chi connectivity index (χ0) is 15.1. The lowest BCUT2D eigenvalue weighted by molar-refractivity contribution is -0.130. The predicted molar refractivity (Wildman–Crippen MR) is 80.8 cm³/mol. The van der Waals surface area contributed by atoms with Crippen molar-refractivity contribution in [1.29, 1.82) is 0 Å². The molecule has 1 aromatic heterocycles. The van der Waals surface area contributed by atoms with Gasteiger partial charge in [0.15, 0.2) is 0 Å². The van der Waals surface area contributed by atoms with E-state index < -0.39 is 0 Å². The lowest BCUT2D eigenvalue weighted by Gasteiger charge is -2.32. The Morgan fingerprint density at radius 3 is 2.76 bits per heavy atom. The number of nitrogens with zero attached hydrogens (tertiary/aromatic N) is 5. The summed E-state index contributed by atoms with van der Waals surface area (Å²) in [5, 5.41) is 11.3. The van der Waals surface area contributed by atoms with Crippen molar-refractivity contribution in [3.05, 3.63) is 12.4 Å². The molecular formula is C14H26N6O. The lowest BCUT2D eigenvalue weighted by atomic mass is 10.0. The zero-order valence-corrected chi connectivity index (χ0v) is 13.0. The van der Waals surface area contributed by atoms with Gasteiger partial charge in [-0.1, -0.05) is 5.21 Å². The molecule has 0 saturated carbocycles. The van der Waals surface area contributed by atoms with E-state index in [2.05, 4.69) is 20.5 Å². The van der Waals surface area contributed by atoms with Crippen molar-refractivity contribution < 1.29 is 4.79 Å². The van der Waals surface area contributed by atoms with Gasteiger partial charge in [-0.25, -0.2) is 0 Å². The Morgan fingerprint density at radius 1 is 1.38 bits per heavy atom. The number of hydrogen-bond acceptors (Lipinski definition) is 5. The van der Waals surface area contributed by atoms with Crippen molar-refractivity contribution in [3.8, 4) is 0 Å². The lowest BCUT2D eigenvalue weighted by Crippen LogP contribution is -2.46. The first-order valence-corrected chi connectivity index (χ1v) is 7.65. The van der Waals surface area contributed by atoms with Crippen molar-refractivity contribution in [3.63, 3.8) is 0 Å². The van der Waals surface area contributed by atoms with Crippen molar-refractivity contribution in [2.45, 2.75) is 31.8 Å². The maximum Gasteiger partial charge on any atom is 0.236 e. The number of carbonyl (C=O) groups excluding carboxylic acids is 1. The molecule has 1 saturated heterocycles. The Kier molecular flexibility index (Phi) is 6.13. The molecule has 1 amide bonds. The van der Waals surface area contributed by atoms with Crippen molar-refractivity contribution in [1.82, 2.24) is 30.1 Å². The second kappa shape index (κ2) is 8.09. The summed E-state index contributed by atoms with van der Waals surface area (Å²) in [6, 6.07) is 0.575. The SMILES string of the molecule is CN(C)C(=O)CN1CCC(NCCCn2ccnn2)CC1.